The Labute approximate surface area is 167 Å². The molecule has 0 saturated heterocycles. The maximum Gasteiger partial charge on any atom is 0.340 e. The van der Waals surface area contributed by atoms with Crippen LogP contribution in [0.4, 0.5) is 0 Å². The largest absolute Gasteiger partial charge is 0.482 e. The molecule has 0 fully saturated rings. The smallest absolute Gasteiger partial charge is 0.340 e. The molecule has 7 heteroatoms. The van der Waals surface area contributed by atoms with Gasteiger partial charge in [0.15, 0.2) is 6.10 Å². The summed E-state index contributed by atoms with van der Waals surface area (Å²) in [6, 6.07) is 6.51. The first kappa shape index (κ1) is 20.4. The number of esters is 1. The molecule has 0 radical (unpaired) electrons. The van der Waals surface area contributed by atoms with Crippen LogP contribution in [0.1, 0.15) is 51.5 Å². The number of hydrogen-bond donors (Lipinski definition) is 1. The maximum atomic E-state index is 12.9. The quantitative estimate of drug-likeness (QED) is 0.385. The van der Waals surface area contributed by atoms with E-state index in [1.54, 1.807) is 45.9 Å². The second-order valence-corrected chi connectivity index (χ2v) is 6.88. The standard InChI is InChI=1S/C22H23NO6/c1-6-27-22(26)19-12(3)20(23-13(19)4)21(25)14(5)28-15-7-8-16-11(2)9-18(24)29-17(16)10-15/h7-10,14,23H,6H2,1-5H3. The lowest BCUT2D eigenvalue weighted by atomic mass is 10.1. The topological polar surface area (TPSA) is 98.6 Å². The number of aromatic nitrogens is 1. The summed E-state index contributed by atoms with van der Waals surface area (Å²) in [5, 5.41) is 0.797. The summed E-state index contributed by atoms with van der Waals surface area (Å²) in [6.45, 7) is 8.84. The van der Waals surface area contributed by atoms with Crippen LogP contribution in [0, 0.1) is 20.8 Å². The maximum absolute atomic E-state index is 12.9. The van der Waals surface area contributed by atoms with Crippen molar-refractivity contribution < 1.29 is 23.5 Å². The van der Waals surface area contributed by atoms with E-state index in [0.717, 1.165) is 10.9 Å². The SMILES string of the molecule is CCOC(=O)c1c(C)[nH]c(C(=O)C(C)Oc2ccc3c(C)cc(=O)oc3c2)c1C. The van der Waals surface area contributed by atoms with Gasteiger partial charge in [-0.1, -0.05) is 0 Å². The lowest BCUT2D eigenvalue weighted by molar-refractivity contribution is 0.0525. The van der Waals surface area contributed by atoms with Crippen LogP contribution in [0.5, 0.6) is 5.75 Å². The molecule has 0 amide bonds. The average molecular weight is 397 g/mol. The second kappa shape index (κ2) is 7.95. The number of fused-ring (bicyclic) bond motifs is 1. The summed E-state index contributed by atoms with van der Waals surface area (Å²) in [5.41, 5.74) is 2.52. The highest BCUT2D eigenvalue weighted by atomic mass is 16.5. The Hall–Kier alpha value is -3.35. The van der Waals surface area contributed by atoms with Gasteiger partial charge in [0.05, 0.1) is 17.9 Å². The molecule has 152 valence electrons. The molecular weight excluding hydrogens is 374 g/mol. The van der Waals surface area contributed by atoms with Gasteiger partial charge in [0.2, 0.25) is 5.78 Å². The fourth-order valence-electron chi connectivity index (χ4n) is 3.35. The summed E-state index contributed by atoms with van der Waals surface area (Å²) < 4.78 is 16.1. The zero-order valence-electron chi connectivity index (χ0n) is 17.0. The van der Waals surface area contributed by atoms with Crippen molar-refractivity contribution in [3.8, 4) is 5.75 Å². The molecule has 29 heavy (non-hydrogen) atoms. The highest BCUT2D eigenvalue weighted by Crippen LogP contribution is 2.25. The molecule has 3 rings (SSSR count). The van der Waals surface area contributed by atoms with Crippen LogP contribution in [0.15, 0.2) is 33.5 Å². The van der Waals surface area contributed by atoms with Crippen LogP contribution in [0.3, 0.4) is 0 Å². The van der Waals surface area contributed by atoms with E-state index in [1.165, 1.54) is 6.07 Å². The highest BCUT2D eigenvalue weighted by Gasteiger charge is 2.26. The normalized spacial score (nSPS) is 12.0. The molecule has 0 spiro atoms. The third-order valence-electron chi connectivity index (χ3n) is 4.77. The summed E-state index contributed by atoms with van der Waals surface area (Å²) in [7, 11) is 0. The number of carbonyl (C=O) groups is 2. The molecule has 1 N–H and O–H groups in total. The molecule has 0 aliphatic rings. The molecule has 7 nitrogen and oxygen atoms in total. The number of aromatic amines is 1. The van der Waals surface area contributed by atoms with Gasteiger partial charge in [-0.15, -0.1) is 0 Å². The number of aryl methyl sites for hydroxylation is 2. The third kappa shape index (κ3) is 3.94. The Kier molecular flexibility index (Phi) is 5.59. The first-order valence-electron chi connectivity index (χ1n) is 9.34. The summed E-state index contributed by atoms with van der Waals surface area (Å²) in [6.07, 6.45) is -0.823. The van der Waals surface area contributed by atoms with Crippen molar-refractivity contribution in [2.75, 3.05) is 6.61 Å². The van der Waals surface area contributed by atoms with Gasteiger partial charge in [-0.25, -0.2) is 9.59 Å². The molecule has 1 aromatic carbocycles. The predicted octanol–water partition coefficient (Wildman–Crippen LogP) is 3.87. The minimum atomic E-state index is -0.823. The number of rotatable bonds is 6. The number of hydrogen-bond acceptors (Lipinski definition) is 6. The lowest BCUT2D eigenvalue weighted by Gasteiger charge is -2.14. The molecule has 3 aromatic rings. The molecule has 0 aliphatic carbocycles. The van der Waals surface area contributed by atoms with Crippen LogP contribution in [0.25, 0.3) is 11.0 Å². The number of nitrogens with one attached hydrogen (secondary N) is 1. The van der Waals surface area contributed by atoms with E-state index in [2.05, 4.69) is 4.98 Å². The van der Waals surface area contributed by atoms with Gasteiger partial charge < -0.3 is 18.9 Å². The summed E-state index contributed by atoms with van der Waals surface area (Å²) in [4.78, 5) is 39.6. The molecule has 0 bridgehead atoms. The molecule has 2 aromatic heterocycles. The molecule has 0 aliphatic heterocycles. The van der Waals surface area contributed by atoms with E-state index >= 15 is 0 Å². The van der Waals surface area contributed by atoms with E-state index < -0.39 is 17.7 Å². The average Bonchev–Trinajstić information content (AvgIpc) is 2.95. The summed E-state index contributed by atoms with van der Waals surface area (Å²) in [5.74, 6) is -0.364. The Morgan fingerprint density at radius 2 is 1.90 bits per heavy atom. The number of H-pyrrole nitrogens is 1. The first-order valence-corrected chi connectivity index (χ1v) is 9.34. The van der Waals surface area contributed by atoms with Gasteiger partial charge in [-0.2, -0.15) is 0 Å². The third-order valence-corrected chi connectivity index (χ3v) is 4.77. The van der Waals surface area contributed by atoms with Crippen LogP contribution in [-0.4, -0.2) is 29.4 Å². The minimum Gasteiger partial charge on any atom is -0.482 e. The van der Waals surface area contributed by atoms with Crippen molar-refractivity contribution >= 4 is 22.7 Å². The van der Waals surface area contributed by atoms with Gasteiger partial charge in [0.1, 0.15) is 11.3 Å². The number of ketones is 1. The molecule has 2 heterocycles. The van der Waals surface area contributed by atoms with Gasteiger partial charge in [-0.05, 0) is 57.9 Å². The Bertz CT molecular complexity index is 1150. The number of benzene rings is 1. The molecule has 1 atom stereocenters. The lowest BCUT2D eigenvalue weighted by Crippen LogP contribution is -2.25. The van der Waals surface area contributed by atoms with Gasteiger partial charge in [-0.3, -0.25) is 4.79 Å². The van der Waals surface area contributed by atoms with Crippen LogP contribution >= 0.6 is 0 Å². The van der Waals surface area contributed by atoms with E-state index in [4.69, 9.17) is 13.9 Å². The van der Waals surface area contributed by atoms with Gasteiger partial charge >= 0.3 is 11.6 Å². The van der Waals surface area contributed by atoms with Crippen molar-refractivity contribution in [3.63, 3.8) is 0 Å². The predicted molar refractivity (Wildman–Crippen MR) is 108 cm³/mol. The highest BCUT2D eigenvalue weighted by molar-refractivity contribution is 6.03. The fourth-order valence-corrected chi connectivity index (χ4v) is 3.35. The second-order valence-electron chi connectivity index (χ2n) is 6.88. The molecule has 1 unspecified atom stereocenters. The van der Waals surface area contributed by atoms with Crippen molar-refractivity contribution in [1.82, 2.24) is 4.98 Å². The van der Waals surface area contributed by atoms with Crippen LogP contribution < -0.4 is 10.4 Å². The van der Waals surface area contributed by atoms with Gasteiger partial charge in [0, 0.05) is 23.2 Å². The zero-order chi connectivity index (χ0) is 21.3. The van der Waals surface area contributed by atoms with E-state index in [0.29, 0.717) is 33.8 Å². The van der Waals surface area contributed by atoms with Crippen molar-refractivity contribution in [2.24, 2.45) is 0 Å². The van der Waals surface area contributed by atoms with Crippen LogP contribution in [0.2, 0.25) is 0 Å². The number of carbonyl (C=O) groups excluding carboxylic acids is 2. The Morgan fingerprint density at radius 3 is 2.59 bits per heavy atom. The van der Waals surface area contributed by atoms with Crippen molar-refractivity contribution in [2.45, 2.75) is 40.7 Å². The number of ether oxygens (including phenoxy) is 2. The van der Waals surface area contributed by atoms with E-state index in [1.807, 2.05) is 6.92 Å². The summed E-state index contributed by atoms with van der Waals surface area (Å²) >= 11 is 0. The minimum absolute atomic E-state index is 0.253. The molecule has 0 saturated carbocycles. The first-order chi connectivity index (χ1) is 13.7. The van der Waals surface area contributed by atoms with Crippen molar-refractivity contribution in [3.05, 3.63) is 62.8 Å². The van der Waals surface area contributed by atoms with E-state index in [-0.39, 0.29) is 12.4 Å². The Balaban J connectivity index is 1.86. The fraction of sp³-hybridized carbons (Fsp3) is 0.318. The monoisotopic (exact) mass is 397 g/mol. The van der Waals surface area contributed by atoms with Crippen molar-refractivity contribution in [1.29, 1.82) is 0 Å². The van der Waals surface area contributed by atoms with E-state index in [9.17, 15) is 14.4 Å². The van der Waals surface area contributed by atoms with Gasteiger partial charge in [0.25, 0.3) is 0 Å². The zero-order valence-corrected chi connectivity index (χ0v) is 17.0. The molecular formula is C22H23NO6. The number of Topliss-reactive ketones (excluding diaryl/α,β-unsaturated/α-hetero) is 1. The Morgan fingerprint density at radius 1 is 1.17 bits per heavy atom. The van der Waals surface area contributed by atoms with Crippen LogP contribution in [-0.2, 0) is 4.74 Å².